The minimum atomic E-state index is -0.335. The zero-order valence-electron chi connectivity index (χ0n) is 13.9. The van der Waals surface area contributed by atoms with Crippen molar-refractivity contribution in [1.82, 2.24) is 15.2 Å². The smallest absolute Gasteiger partial charge is 0.338 e. The predicted molar refractivity (Wildman–Crippen MR) is 92.3 cm³/mol. The lowest BCUT2D eigenvalue weighted by molar-refractivity contribution is 0.0526. The van der Waals surface area contributed by atoms with Gasteiger partial charge in [-0.3, -0.25) is 4.79 Å². The van der Waals surface area contributed by atoms with Gasteiger partial charge < -0.3 is 19.9 Å². The molecule has 2 heterocycles. The van der Waals surface area contributed by atoms with Gasteiger partial charge in [-0.05, 0) is 51.1 Å². The van der Waals surface area contributed by atoms with Gasteiger partial charge in [0.15, 0.2) is 0 Å². The van der Waals surface area contributed by atoms with Gasteiger partial charge in [0.2, 0.25) is 0 Å². The molecule has 1 aliphatic heterocycles. The lowest BCUT2D eigenvalue weighted by atomic mass is 10.1. The molecule has 0 spiro atoms. The second-order valence-electron chi connectivity index (χ2n) is 5.89. The van der Waals surface area contributed by atoms with Crippen LogP contribution in [-0.2, 0) is 11.3 Å². The van der Waals surface area contributed by atoms with Gasteiger partial charge in [-0.15, -0.1) is 0 Å². The molecule has 1 aromatic heterocycles. The third-order valence-corrected chi connectivity index (χ3v) is 4.20. The number of hydrogen-bond donors (Lipinski definition) is 2. The van der Waals surface area contributed by atoms with Gasteiger partial charge in [-0.2, -0.15) is 0 Å². The monoisotopic (exact) mass is 329 g/mol. The molecule has 3 rings (SSSR count). The second kappa shape index (κ2) is 7.49. The number of esters is 1. The Labute approximate surface area is 141 Å². The van der Waals surface area contributed by atoms with Crippen LogP contribution in [0.15, 0.2) is 24.3 Å². The summed E-state index contributed by atoms with van der Waals surface area (Å²) < 4.78 is 7.08. The number of aromatic nitrogens is 1. The molecule has 0 atom stereocenters. The molecule has 1 amide bonds. The fraction of sp³-hybridized carbons (Fsp3) is 0.444. The molecule has 1 aliphatic rings. The van der Waals surface area contributed by atoms with Crippen molar-refractivity contribution >= 4 is 22.8 Å². The highest BCUT2D eigenvalue weighted by molar-refractivity contribution is 6.01. The lowest BCUT2D eigenvalue weighted by Crippen LogP contribution is -2.27. The SMILES string of the molecule is CCOC(=O)c1ccc2cc3n(c2c1)CCCNCCCNC3=O. The molecule has 2 aromatic rings. The summed E-state index contributed by atoms with van der Waals surface area (Å²) in [7, 11) is 0. The lowest BCUT2D eigenvalue weighted by Gasteiger charge is -2.10. The van der Waals surface area contributed by atoms with Gasteiger partial charge in [0.05, 0.1) is 12.2 Å². The van der Waals surface area contributed by atoms with Crippen molar-refractivity contribution in [1.29, 1.82) is 0 Å². The summed E-state index contributed by atoms with van der Waals surface area (Å²) in [5.74, 6) is -0.400. The zero-order valence-corrected chi connectivity index (χ0v) is 13.9. The number of hydrogen-bond acceptors (Lipinski definition) is 4. The molecule has 0 saturated heterocycles. The number of ether oxygens (including phenoxy) is 1. The average Bonchev–Trinajstić information content (AvgIpc) is 2.93. The van der Waals surface area contributed by atoms with E-state index < -0.39 is 0 Å². The number of amides is 1. The molecular formula is C18H23N3O3. The van der Waals surface area contributed by atoms with E-state index in [4.69, 9.17) is 4.74 Å². The number of nitrogens with zero attached hydrogens (tertiary/aromatic N) is 1. The van der Waals surface area contributed by atoms with E-state index in [0.29, 0.717) is 24.4 Å². The summed E-state index contributed by atoms with van der Waals surface area (Å²) >= 11 is 0. The van der Waals surface area contributed by atoms with E-state index in [1.807, 2.05) is 22.8 Å². The zero-order chi connectivity index (χ0) is 16.9. The topological polar surface area (TPSA) is 72.4 Å². The molecule has 6 nitrogen and oxygen atoms in total. The number of aryl methyl sites for hydroxylation is 1. The minimum Gasteiger partial charge on any atom is -0.462 e. The summed E-state index contributed by atoms with van der Waals surface area (Å²) in [6, 6.07) is 7.33. The summed E-state index contributed by atoms with van der Waals surface area (Å²) in [5.41, 5.74) is 2.05. The van der Waals surface area contributed by atoms with Gasteiger partial charge >= 0.3 is 5.97 Å². The van der Waals surface area contributed by atoms with Crippen molar-refractivity contribution in [3.05, 3.63) is 35.5 Å². The van der Waals surface area contributed by atoms with Crippen LogP contribution in [0, 0.1) is 0 Å². The van der Waals surface area contributed by atoms with Crippen LogP contribution < -0.4 is 10.6 Å². The van der Waals surface area contributed by atoms with Crippen molar-refractivity contribution in [3.8, 4) is 0 Å². The van der Waals surface area contributed by atoms with Gasteiger partial charge in [0.25, 0.3) is 5.91 Å². The first-order chi connectivity index (χ1) is 11.7. The molecular weight excluding hydrogens is 306 g/mol. The first-order valence-electron chi connectivity index (χ1n) is 8.50. The number of nitrogens with one attached hydrogen (secondary N) is 2. The standard InChI is InChI=1S/C18H23N3O3/c1-2-24-18(23)14-6-5-13-11-16-17(22)20-9-3-7-19-8-4-10-21(16)15(13)12-14/h5-6,11-12,19H,2-4,7-10H2,1H3,(H,20,22). The van der Waals surface area contributed by atoms with Crippen LogP contribution in [-0.4, -0.2) is 42.7 Å². The van der Waals surface area contributed by atoms with E-state index in [1.165, 1.54) is 0 Å². The molecule has 24 heavy (non-hydrogen) atoms. The number of benzene rings is 1. The van der Waals surface area contributed by atoms with Crippen LogP contribution in [0.2, 0.25) is 0 Å². The predicted octanol–water partition coefficient (Wildman–Crippen LogP) is 1.93. The fourth-order valence-corrected chi connectivity index (χ4v) is 3.02. The number of fused-ring (bicyclic) bond motifs is 3. The second-order valence-corrected chi connectivity index (χ2v) is 5.89. The highest BCUT2D eigenvalue weighted by Crippen LogP contribution is 2.23. The van der Waals surface area contributed by atoms with E-state index in [2.05, 4.69) is 10.6 Å². The van der Waals surface area contributed by atoms with E-state index in [9.17, 15) is 9.59 Å². The first-order valence-corrected chi connectivity index (χ1v) is 8.50. The van der Waals surface area contributed by atoms with Crippen LogP contribution in [0.25, 0.3) is 10.9 Å². The molecule has 0 radical (unpaired) electrons. The molecule has 0 fully saturated rings. The van der Waals surface area contributed by atoms with Crippen LogP contribution in [0.3, 0.4) is 0 Å². The van der Waals surface area contributed by atoms with Crippen molar-refractivity contribution in [2.45, 2.75) is 26.3 Å². The molecule has 0 unspecified atom stereocenters. The Morgan fingerprint density at radius 3 is 2.88 bits per heavy atom. The van der Waals surface area contributed by atoms with Crippen molar-refractivity contribution in [3.63, 3.8) is 0 Å². The Morgan fingerprint density at radius 1 is 1.21 bits per heavy atom. The Kier molecular flexibility index (Phi) is 5.15. The van der Waals surface area contributed by atoms with Gasteiger partial charge in [-0.1, -0.05) is 6.07 Å². The molecule has 0 bridgehead atoms. The van der Waals surface area contributed by atoms with E-state index in [1.54, 1.807) is 13.0 Å². The van der Waals surface area contributed by atoms with Crippen LogP contribution in [0.5, 0.6) is 0 Å². The van der Waals surface area contributed by atoms with Crippen LogP contribution >= 0.6 is 0 Å². The van der Waals surface area contributed by atoms with E-state index in [0.717, 1.165) is 43.4 Å². The third kappa shape index (κ3) is 3.43. The average molecular weight is 329 g/mol. The van der Waals surface area contributed by atoms with Crippen molar-refractivity contribution < 1.29 is 14.3 Å². The maximum atomic E-state index is 12.5. The fourth-order valence-electron chi connectivity index (χ4n) is 3.02. The first kappa shape index (κ1) is 16.5. The molecule has 1 aromatic carbocycles. The Morgan fingerprint density at radius 2 is 2.04 bits per heavy atom. The number of carbonyl (C=O) groups is 2. The summed E-state index contributed by atoms with van der Waals surface area (Å²) in [4.78, 5) is 24.5. The Hall–Kier alpha value is -2.34. The normalized spacial score (nSPS) is 16.1. The molecule has 128 valence electrons. The highest BCUT2D eigenvalue weighted by Gasteiger charge is 2.17. The Balaban J connectivity index is 2.02. The molecule has 0 saturated carbocycles. The summed E-state index contributed by atoms with van der Waals surface area (Å²) in [6.45, 7) is 5.33. The third-order valence-electron chi connectivity index (χ3n) is 4.20. The van der Waals surface area contributed by atoms with Crippen molar-refractivity contribution in [2.24, 2.45) is 0 Å². The number of carbonyl (C=O) groups excluding carboxylic acids is 2. The van der Waals surface area contributed by atoms with Gasteiger partial charge in [0, 0.05) is 24.0 Å². The summed E-state index contributed by atoms with van der Waals surface area (Å²) in [6.07, 6.45) is 1.84. The number of rotatable bonds is 2. The van der Waals surface area contributed by atoms with Crippen LogP contribution in [0.4, 0.5) is 0 Å². The maximum absolute atomic E-state index is 12.5. The maximum Gasteiger partial charge on any atom is 0.338 e. The summed E-state index contributed by atoms with van der Waals surface area (Å²) in [5, 5.41) is 7.30. The van der Waals surface area contributed by atoms with Gasteiger partial charge in [-0.25, -0.2) is 4.79 Å². The van der Waals surface area contributed by atoms with Gasteiger partial charge in [0.1, 0.15) is 5.69 Å². The highest BCUT2D eigenvalue weighted by atomic mass is 16.5. The Bertz CT molecular complexity index is 751. The molecule has 6 heteroatoms. The quantitative estimate of drug-likeness (QED) is 0.826. The van der Waals surface area contributed by atoms with Crippen LogP contribution in [0.1, 0.15) is 40.6 Å². The molecule has 2 N–H and O–H groups in total. The molecule has 0 aliphatic carbocycles. The van der Waals surface area contributed by atoms with E-state index in [-0.39, 0.29) is 11.9 Å². The van der Waals surface area contributed by atoms with Crippen molar-refractivity contribution in [2.75, 3.05) is 26.2 Å². The van der Waals surface area contributed by atoms with E-state index >= 15 is 0 Å². The largest absolute Gasteiger partial charge is 0.462 e. The minimum absolute atomic E-state index is 0.0641.